The summed E-state index contributed by atoms with van der Waals surface area (Å²) < 4.78 is 21.0. The number of thiocarbonyl (C=S) groups is 1. The molecule has 4 heterocycles. The van der Waals surface area contributed by atoms with E-state index in [0.29, 0.717) is 5.69 Å². The number of hydrogen-bond acceptors (Lipinski definition) is 11. The highest BCUT2D eigenvalue weighted by atomic mass is 32.1. The highest BCUT2D eigenvalue weighted by Gasteiger charge is 2.51. The number of pyridine rings is 1. The normalized spacial score (nSPS) is 18.1. The minimum Gasteiger partial charge on any atom is -0.468 e. The smallest absolute Gasteiger partial charge is 0.259 e. The molecule has 59 heavy (non-hydrogen) atoms. The van der Waals surface area contributed by atoms with E-state index in [1.807, 2.05) is 37.3 Å². The lowest BCUT2D eigenvalue weighted by Crippen LogP contribution is -2.58. The number of carbonyl (C=O) groups is 4. The van der Waals surface area contributed by atoms with Gasteiger partial charge in [-0.2, -0.15) is 5.26 Å². The molecule has 0 saturated carbocycles. The van der Waals surface area contributed by atoms with Gasteiger partial charge in [0.1, 0.15) is 17.6 Å². The van der Waals surface area contributed by atoms with Gasteiger partial charge in [-0.15, -0.1) is 11.3 Å². The van der Waals surface area contributed by atoms with Crippen LogP contribution in [0.5, 0.6) is 5.88 Å². The number of β-amino-alcohol motifs (C(OH)–C–C–N with tert-alkyl or cyclic N) is 1. The molecule has 2 aliphatic rings. The van der Waals surface area contributed by atoms with Crippen LogP contribution < -0.4 is 25.2 Å². The maximum Gasteiger partial charge on any atom is 0.259 e. The molecule has 2 aromatic heterocycles. The number of anilines is 2. The van der Waals surface area contributed by atoms with E-state index in [2.05, 4.69) is 20.6 Å². The number of nitriles is 1. The third-order valence-electron chi connectivity index (χ3n) is 10.4. The fourth-order valence-electron chi connectivity index (χ4n) is 7.12. The van der Waals surface area contributed by atoms with E-state index in [0.717, 1.165) is 26.6 Å². The number of nitrogens with one attached hydrogen (secondary N) is 2. The zero-order valence-corrected chi connectivity index (χ0v) is 35.3. The third-order valence-corrected chi connectivity index (χ3v) is 11.8. The van der Waals surface area contributed by atoms with Crippen LogP contribution in [0.25, 0.3) is 10.4 Å². The van der Waals surface area contributed by atoms with Crippen molar-refractivity contribution in [1.82, 2.24) is 25.5 Å². The maximum atomic E-state index is 15.4. The van der Waals surface area contributed by atoms with Gasteiger partial charge in [-0.25, -0.2) is 14.4 Å². The third kappa shape index (κ3) is 8.66. The van der Waals surface area contributed by atoms with Gasteiger partial charge in [0.15, 0.2) is 17.5 Å². The van der Waals surface area contributed by atoms with E-state index in [-0.39, 0.29) is 47.3 Å². The average Bonchev–Trinajstić information content (AvgIpc) is 3.86. The molecule has 2 fully saturated rings. The Kier molecular flexibility index (Phi) is 12.2. The number of benzene rings is 2. The molecule has 4 aromatic rings. The minimum absolute atomic E-state index is 0.00825. The van der Waals surface area contributed by atoms with Crippen LogP contribution in [0, 0.1) is 36.4 Å². The first-order valence-electron chi connectivity index (χ1n) is 18.8. The highest BCUT2D eigenvalue weighted by Crippen LogP contribution is 2.38. The van der Waals surface area contributed by atoms with Crippen LogP contribution in [0.4, 0.5) is 15.8 Å². The minimum atomic E-state index is -1.23. The Hall–Kier alpha value is -5.83. The van der Waals surface area contributed by atoms with E-state index in [1.165, 1.54) is 41.1 Å². The van der Waals surface area contributed by atoms with Crippen molar-refractivity contribution in [2.24, 2.45) is 5.41 Å². The Labute approximate surface area is 351 Å². The Morgan fingerprint density at radius 3 is 2.44 bits per heavy atom. The number of thiazole rings is 1. The monoisotopic (exact) mass is 840 g/mol. The number of aliphatic hydroxyl groups excluding tert-OH is 1. The van der Waals surface area contributed by atoms with E-state index in [9.17, 15) is 29.5 Å². The fraction of sp³-hybridized carbons (Fsp3) is 0.381. The molecule has 3 atom stereocenters. The van der Waals surface area contributed by atoms with E-state index in [1.54, 1.807) is 57.5 Å². The molecule has 3 N–H and O–H groups in total. The molecule has 2 saturated heterocycles. The summed E-state index contributed by atoms with van der Waals surface area (Å²) in [6.07, 6.45) is 0.532. The van der Waals surface area contributed by atoms with Crippen molar-refractivity contribution in [3.05, 3.63) is 88.4 Å². The van der Waals surface area contributed by atoms with Gasteiger partial charge in [-0.3, -0.25) is 24.1 Å². The van der Waals surface area contributed by atoms with Crippen LogP contribution >= 0.6 is 23.6 Å². The molecule has 308 valence electrons. The maximum absolute atomic E-state index is 15.4. The molecule has 6 rings (SSSR count). The second kappa shape index (κ2) is 16.8. The van der Waals surface area contributed by atoms with Gasteiger partial charge < -0.3 is 30.3 Å². The van der Waals surface area contributed by atoms with Crippen LogP contribution in [-0.2, 0) is 25.7 Å². The number of ether oxygens (including phenoxy) is 1. The Bertz CT molecular complexity index is 2340. The number of carbonyl (C=O) groups excluding carboxylic acids is 4. The number of likely N-dealkylation sites (tertiary alicyclic amines) is 1. The molecular weight excluding hydrogens is 796 g/mol. The van der Waals surface area contributed by atoms with Crippen LogP contribution in [0.15, 0.2) is 60.2 Å². The summed E-state index contributed by atoms with van der Waals surface area (Å²) in [5, 5.41) is 25.5. The molecular formula is C42H45FN8O6S2. The SMILES string of the molecule is Cc1ncsc1-c1ccc(CNC(=O)[C@@H]2C[C@@H](O)CN2C(=O)[C@@H](NC(=O)COc2ccc(N3C(=S)N(c4ccc(C#N)c(C)c4F)C(=O)C3(C)C)cn2)C(C)(C)C)cc1. The zero-order valence-electron chi connectivity index (χ0n) is 33.7. The van der Waals surface area contributed by atoms with Crippen LogP contribution in [0.2, 0.25) is 0 Å². The molecule has 0 aliphatic carbocycles. The average molecular weight is 841 g/mol. The quantitative estimate of drug-likeness (QED) is 0.174. The van der Waals surface area contributed by atoms with Crippen molar-refractivity contribution in [2.45, 2.75) is 85.2 Å². The highest BCUT2D eigenvalue weighted by molar-refractivity contribution is 7.81. The van der Waals surface area contributed by atoms with E-state index < -0.39 is 65.2 Å². The van der Waals surface area contributed by atoms with Gasteiger partial charge in [0, 0.05) is 31.1 Å². The summed E-state index contributed by atoms with van der Waals surface area (Å²) in [5.74, 6) is -2.70. The second-order valence-electron chi connectivity index (χ2n) is 16.1. The van der Waals surface area contributed by atoms with Crippen LogP contribution in [0.3, 0.4) is 0 Å². The molecule has 4 amide bonds. The van der Waals surface area contributed by atoms with Crippen molar-refractivity contribution >= 4 is 63.7 Å². The van der Waals surface area contributed by atoms with Gasteiger partial charge >= 0.3 is 0 Å². The molecule has 0 bridgehead atoms. The van der Waals surface area contributed by atoms with Crippen molar-refractivity contribution in [2.75, 3.05) is 23.0 Å². The van der Waals surface area contributed by atoms with E-state index in [4.69, 9.17) is 17.0 Å². The lowest BCUT2D eigenvalue weighted by molar-refractivity contribution is -0.144. The summed E-state index contributed by atoms with van der Waals surface area (Å²) >= 11 is 7.22. The molecule has 0 spiro atoms. The predicted molar refractivity (Wildman–Crippen MR) is 224 cm³/mol. The number of aryl methyl sites for hydroxylation is 1. The first-order chi connectivity index (χ1) is 27.8. The summed E-state index contributed by atoms with van der Waals surface area (Å²) in [6, 6.07) is 13.5. The topological polar surface area (TPSA) is 181 Å². The second-order valence-corrected chi connectivity index (χ2v) is 17.3. The number of hydrogen-bond donors (Lipinski definition) is 3. The first-order valence-corrected chi connectivity index (χ1v) is 20.1. The Morgan fingerprint density at radius 1 is 1.12 bits per heavy atom. The number of amides is 4. The van der Waals surface area contributed by atoms with Gasteiger partial charge in [-0.05, 0) is 74.7 Å². The van der Waals surface area contributed by atoms with Gasteiger partial charge in [-0.1, -0.05) is 45.0 Å². The molecule has 0 radical (unpaired) electrons. The molecule has 17 heteroatoms. The van der Waals surface area contributed by atoms with Crippen molar-refractivity contribution in [3.8, 4) is 22.4 Å². The molecule has 14 nitrogen and oxygen atoms in total. The Balaban J connectivity index is 1.07. The molecule has 2 aliphatic heterocycles. The summed E-state index contributed by atoms with van der Waals surface area (Å²) in [6.45, 7) is 11.7. The lowest BCUT2D eigenvalue weighted by Gasteiger charge is -2.35. The van der Waals surface area contributed by atoms with E-state index >= 15 is 4.39 Å². The summed E-state index contributed by atoms with van der Waals surface area (Å²) in [4.78, 5) is 68.0. The number of halogens is 1. The van der Waals surface area contributed by atoms with Crippen LogP contribution in [-0.4, -0.2) is 85.6 Å². The number of aromatic nitrogens is 2. The Morgan fingerprint density at radius 2 is 1.83 bits per heavy atom. The first kappa shape index (κ1) is 42.8. The standard InChI is InChI=1S/C42H45FN8O6S2/c1-23-27(17-44)12-14-30(34(23)43)50-39(56)42(6,7)51(40(50)58)28-13-15-33(45-19-28)57-21-32(53)48-36(41(3,4)5)38(55)49-20-29(52)16-31(49)37(54)46-18-25-8-10-26(11-9-25)35-24(2)47-22-59-35/h8-15,19,22,29,31,36,52H,16,18,20-21H2,1-7H3,(H,46,54)(H,48,53)/t29-,31+,36-/m1/s1. The largest absolute Gasteiger partial charge is 0.468 e. The molecule has 2 aromatic carbocycles. The fourth-order valence-corrected chi connectivity index (χ4v) is 8.44. The predicted octanol–water partition coefficient (Wildman–Crippen LogP) is 4.94. The number of aliphatic hydroxyl groups is 1. The summed E-state index contributed by atoms with van der Waals surface area (Å²) in [7, 11) is 0. The number of nitrogens with zero attached hydrogens (tertiary/aromatic N) is 6. The van der Waals surface area contributed by atoms with Crippen molar-refractivity contribution in [1.29, 1.82) is 5.26 Å². The number of rotatable bonds is 11. The van der Waals surface area contributed by atoms with Crippen molar-refractivity contribution < 1.29 is 33.4 Å². The van der Waals surface area contributed by atoms with Crippen molar-refractivity contribution in [3.63, 3.8) is 0 Å². The van der Waals surface area contributed by atoms with Gasteiger partial charge in [0.2, 0.25) is 17.7 Å². The van der Waals surface area contributed by atoms with Gasteiger partial charge in [0.25, 0.3) is 11.8 Å². The van der Waals surface area contributed by atoms with Gasteiger partial charge in [0.05, 0.1) is 51.4 Å². The molecule has 0 unspecified atom stereocenters. The zero-order chi connectivity index (χ0) is 43.0. The van der Waals surface area contributed by atoms with Crippen LogP contribution in [0.1, 0.15) is 63.4 Å². The summed E-state index contributed by atoms with van der Waals surface area (Å²) in [5.41, 5.74) is 3.19. The lowest BCUT2D eigenvalue weighted by atomic mass is 9.85.